The lowest BCUT2D eigenvalue weighted by atomic mass is 10.1. The van der Waals surface area contributed by atoms with Crippen molar-refractivity contribution in [2.45, 2.75) is 46.0 Å². The highest BCUT2D eigenvalue weighted by atomic mass is 35.5. The van der Waals surface area contributed by atoms with Crippen molar-refractivity contribution in [2.24, 2.45) is 0 Å². The zero-order valence-electron chi connectivity index (χ0n) is 14.1. The van der Waals surface area contributed by atoms with Gasteiger partial charge in [-0.3, -0.25) is 9.59 Å². The molecule has 1 aromatic rings. The summed E-state index contributed by atoms with van der Waals surface area (Å²) in [5.41, 5.74) is 1.10. The van der Waals surface area contributed by atoms with E-state index in [1.54, 1.807) is 11.8 Å². The van der Waals surface area contributed by atoms with Crippen LogP contribution in [0.25, 0.3) is 0 Å². The van der Waals surface area contributed by atoms with Crippen LogP contribution in [0.2, 0.25) is 5.02 Å². The fourth-order valence-corrected chi connectivity index (χ4v) is 2.56. The van der Waals surface area contributed by atoms with Crippen molar-refractivity contribution < 1.29 is 9.59 Å². The van der Waals surface area contributed by atoms with E-state index in [1.807, 2.05) is 24.3 Å². The molecular formula is C18H27ClN2O2. The molecule has 4 nitrogen and oxygen atoms in total. The number of carbonyl (C=O) groups excluding carboxylic acids is 2. The highest BCUT2D eigenvalue weighted by Gasteiger charge is 2.10. The van der Waals surface area contributed by atoms with E-state index < -0.39 is 0 Å². The third-order valence-electron chi connectivity index (χ3n) is 3.71. The summed E-state index contributed by atoms with van der Waals surface area (Å²) >= 11 is 5.93. The van der Waals surface area contributed by atoms with Gasteiger partial charge >= 0.3 is 0 Å². The minimum absolute atomic E-state index is 0.0197. The largest absolute Gasteiger partial charge is 0.356 e. The molecule has 0 saturated carbocycles. The van der Waals surface area contributed by atoms with Gasteiger partial charge in [-0.2, -0.15) is 0 Å². The van der Waals surface area contributed by atoms with Crippen molar-refractivity contribution in [1.29, 1.82) is 0 Å². The number of rotatable bonds is 10. The number of halogens is 1. The molecule has 0 saturated heterocycles. The molecule has 0 atom stereocenters. The summed E-state index contributed by atoms with van der Waals surface area (Å²) in [7, 11) is 0. The second-order valence-corrected chi connectivity index (χ2v) is 6.13. The van der Waals surface area contributed by atoms with Crippen molar-refractivity contribution in [3.63, 3.8) is 0 Å². The first-order valence-corrected chi connectivity index (χ1v) is 8.67. The molecule has 1 aromatic carbocycles. The number of amides is 2. The molecule has 0 aliphatic rings. The van der Waals surface area contributed by atoms with E-state index in [0.29, 0.717) is 24.5 Å². The van der Waals surface area contributed by atoms with Gasteiger partial charge in [0.1, 0.15) is 0 Å². The fraction of sp³-hybridized carbons (Fsp3) is 0.556. The first-order chi connectivity index (χ1) is 11.0. The van der Waals surface area contributed by atoms with E-state index in [9.17, 15) is 9.59 Å². The van der Waals surface area contributed by atoms with E-state index in [2.05, 4.69) is 12.2 Å². The molecule has 0 aromatic heterocycles. The Morgan fingerprint density at radius 3 is 2.65 bits per heavy atom. The van der Waals surface area contributed by atoms with E-state index in [-0.39, 0.29) is 11.8 Å². The van der Waals surface area contributed by atoms with Crippen molar-refractivity contribution in [3.05, 3.63) is 34.9 Å². The zero-order valence-corrected chi connectivity index (χ0v) is 14.9. The third kappa shape index (κ3) is 8.60. The molecule has 0 aliphatic heterocycles. The minimum atomic E-state index is -0.0197. The monoisotopic (exact) mass is 338 g/mol. The second-order valence-electron chi connectivity index (χ2n) is 5.69. The minimum Gasteiger partial charge on any atom is -0.356 e. The van der Waals surface area contributed by atoms with Crippen LogP contribution in [0.1, 0.15) is 45.1 Å². The molecule has 0 heterocycles. The maximum Gasteiger partial charge on any atom is 0.221 e. The Balaban J connectivity index is 2.25. The van der Waals surface area contributed by atoms with Gasteiger partial charge in [0.2, 0.25) is 11.8 Å². The lowest BCUT2D eigenvalue weighted by Gasteiger charge is -2.20. The molecule has 23 heavy (non-hydrogen) atoms. The Labute approximate surface area is 144 Å². The Morgan fingerprint density at radius 1 is 1.22 bits per heavy atom. The summed E-state index contributed by atoms with van der Waals surface area (Å²) in [6.45, 7) is 5.49. The van der Waals surface area contributed by atoms with Crippen LogP contribution in [0.5, 0.6) is 0 Å². The predicted molar refractivity (Wildman–Crippen MR) is 94.6 cm³/mol. The molecule has 0 unspecified atom stereocenters. The highest BCUT2D eigenvalue weighted by molar-refractivity contribution is 6.30. The molecule has 5 heteroatoms. The zero-order chi connectivity index (χ0) is 17.1. The van der Waals surface area contributed by atoms with Crippen molar-refractivity contribution >= 4 is 23.4 Å². The number of hydrogen-bond donors (Lipinski definition) is 1. The topological polar surface area (TPSA) is 49.4 Å². The van der Waals surface area contributed by atoms with Crippen LogP contribution in [-0.4, -0.2) is 36.3 Å². The van der Waals surface area contributed by atoms with E-state index >= 15 is 0 Å². The number of unbranched alkanes of at least 4 members (excludes halogenated alkanes) is 2. The number of nitrogens with zero attached hydrogens (tertiary/aromatic N) is 1. The van der Waals surface area contributed by atoms with Crippen LogP contribution in [0.15, 0.2) is 24.3 Å². The van der Waals surface area contributed by atoms with Gasteiger partial charge in [0.15, 0.2) is 0 Å². The van der Waals surface area contributed by atoms with Crippen LogP contribution in [0, 0.1) is 0 Å². The Hall–Kier alpha value is -1.55. The standard InChI is InChI=1S/C18H27ClN2O2/c1-3-4-5-12-21(15(2)22)13-10-18(23)20-11-9-16-7-6-8-17(19)14-16/h6-8,14H,3-5,9-13H2,1-2H3,(H,20,23). The predicted octanol–water partition coefficient (Wildman–Crippen LogP) is 3.43. The van der Waals surface area contributed by atoms with Gasteiger partial charge in [-0.05, 0) is 30.5 Å². The lowest BCUT2D eigenvalue weighted by molar-refractivity contribution is -0.129. The molecule has 128 valence electrons. The molecule has 0 aliphatic carbocycles. The second kappa shape index (κ2) is 11.1. The van der Waals surface area contributed by atoms with Gasteiger partial charge in [-0.15, -0.1) is 0 Å². The molecule has 2 amide bonds. The molecule has 0 radical (unpaired) electrons. The van der Waals surface area contributed by atoms with Gasteiger partial charge < -0.3 is 10.2 Å². The smallest absolute Gasteiger partial charge is 0.221 e. The third-order valence-corrected chi connectivity index (χ3v) is 3.95. The van der Waals surface area contributed by atoms with E-state index in [1.165, 1.54) is 0 Å². The van der Waals surface area contributed by atoms with Gasteiger partial charge in [-0.1, -0.05) is 43.5 Å². The van der Waals surface area contributed by atoms with Crippen LogP contribution in [0.3, 0.4) is 0 Å². The van der Waals surface area contributed by atoms with Gasteiger partial charge in [0, 0.05) is 38.0 Å². The maximum absolute atomic E-state index is 11.9. The van der Waals surface area contributed by atoms with Crippen molar-refractivity contribution in [3.8, 4) is 0 Å². The molecule has 1 rings (SSSR count). The number of carbonyl (C=O) groups is 2. The van der Waals surface area contributed by atoms with Gasteiger partial charge in [-0.25, -0.2) is 0 Å². The number of hydrogen-bond acceptors (Lipinski definition) is 2. The van der Waals surface area contributed by atoms with Crippen molar-refractivity contribution in [1.82, 2.24) is 10.2 Å². The molecule has 1 N–H and O–H groups in total. The normalized spacial score (nSPS) is 10.4. The van der Waals surface area contributed by atoms with Crippen molar-refractivity contribution in [2.75, 3.05) is 19.6 Å². The Morgan fingerprint density at radius 2 is 2.00 bits per heavy atom. The van der Waals surface area contributed by atoms with E-state index in [0.717, 1.165) is 37.8 Å². The quantitative estimate of drug-likeness (QED) is 0.664. The van der Waals surface area contributed by atoms with Gasteiger partial charge in [0.05, 0.1) is 0 Å². The molecule has 0 spiro atoms. The summed E-state index contributed by atoms with van der Waals surface area (Å²) in [5, 5.41) is 3.60. The lowest BCUT2D eigenvalue weighted by Crippen LogP contribution is -2.35. The fourth-order valence-electron chi connectivity index (χ4n) is 2.34. The number of benzene rings is 1. The summed E-state index contributed by atoms with van der Waals surface area (Å²) in [6.07, 6.45) is 4.32. The summed E-state index contributed by atoms with van der Waals surface area (Å²) in [4.78, 5) is 25.2. The van der Waals surface area contributed by atoms with E-state index in [4.69, 9.17) is 11.6 Å². The summed E-state index contributed by atoms with van der Waals surface area (Å²) in [5.74, 6) is 0.0154. The number of nitrogens with one attached hydrogen (secondary N) is 1. The first-order valence-electron chi connectivity index (χ1n) is 8.29. The SMILES string of the molecule is CCCCCN(CCC(=O)NCCc1cccc(Cl)c1)C(C)=O. The Bertz CT molecular complexity index is 506. The van der Waals surface area contributed by atoms with Crippen LogP contribution in [0.4, 0.5) is 0 Å². The van der Waals surface area contributed by atoms with Gasteiger partial charge in [0.25, 0.3) is 0 Å². The average Bonchev–Trinajstić information content (AvgIpc) is 2.50. The molecule has 0 bridgehead atoms. The Kier molecular flexibility index (Phi) is 9.37. The summed E-state index contributed by atoms with van der Waals surface area (Å²) < 4.78 is 0. The van der Waals surface area contributed by atoms with Crippen LogP contribution < -0.4 is 5.32 Å². The first kappa shape index (κ1) is 19.5. The summed E-state index contributed by atoms with van der Waals surface area (Å²) in [6, 6.07) is 7.63. The van der Waals surface area contributed by atoms with Crippen LogP contribution in [-0.2, 0) is 16.0 Å². The average molecular weight is 339 g/mol. The highest BCUT2D eigenvalue weighted by Crippen LogP contribution is 2.10. The van der Waals surface area contributed by atoms with Crippen LogP contribution >= 0.6 is 11.6 Å². The molecular weight excluding hydrogens is 312 g/mol. The molecule has 0 fully saturated rings. The maximum atomic E-state index is 11.9.